The maximum Gasteiger partial charge on any atom is 0.233 e. The first-order valence-corrected chi connectivity index (χ1v) is 8.40. The van der Waals surface area contributed by atoms with Crippen molar-refractivity contribution in [2.45, 2.75) is 35.9 Å². The highest BCUT2D eigenvalue weighted by atomic mass is 35.5. The van der Waals surface area contributed by atoms with E-state index in [1.165, 1.54) is 0 Å². The third-order valence-corrected chi connectivity index (χ3v) is 6.08. The second-order valence-electron chi connectivity index (χ2n) is 6.07. The number of nitrogens with zero attached hydrogens (tertiary/aromatic N) is 2. The van der Waals surface area contributed by atoms with E-state index in [1.54, 1.807) is 0 Å². The second kappa shape index (κ2) is 5.55. The van der Waals surface area contributed by atoms with Gasteiger partial charge in [-0.2, -0.15) is 0 Å². The van der Waals surface area contributed by atoms with Crippen molar-refractivity contribution in [1.82, 2.24) is 0 Å². The number of rotatable bonds is 2. The van der Waals surface area contributed by atoms with E-state index in [4.69, 9.17) is 51.1 Å². The topological polar surface area (TPSA) is 34.0 Å². The average Bonchev–Trinajstić information content (AvgIpc) is 3.09. The van der Waals surface area contributed by atoms with Crippen LogP contribution in [0.3, 0.4) is 0 Å². The van der Waals surface area contributed by atoms with Crippen LogP contribution in [0, 0.1) is 5.41 Å². The largest absolute Gasteiger partial charge is 0.439 e. The first-order valence-electron chi connectivity index (χ1n) is 6.83. The molecule has 1 heterocycles. The molecule has 1 saturated carbocycles. The van der Waals surface area contributed by atoms with Gasteiger partial charge in [0.05, 0.1) is 0 Å². The van der Waals surface area contributed by atoms with Crippen molar-refractivity contribution in [1.29, 1.82) is 0 Å². The molecule has 0 N–H and O–H groups in total. The van der Waals surface area contributed by atoms with Gasteiger partial charge in [-0.15, -0.1) is 45.0 Å². The number of alkyl halides is 3. The zero-order chi connectivity index (χ0) is 16.1. The number of hydrogen-bond donors (Lipinski definition) is 0. The zero-order valence-electron chi connectivity index (χ0n) is 12.0. The summed E-state index contributed by atoms with van der Waals surface area (Å²) in [7, 11) is 0. The van der Waals surface area contributed by atoms with Gasteiger partial charge in [0.25, 0.3) is 0 Å². The minimum absolute atomic E-state index is 0.0464. The summed E-state index contributed by atoms with van der Waals surface area (Å²) in [4.78, 5) is 0. The Morgan fingerprint density at radius 3 is 2.45 bits per heavy atom. The molecule has 2 unspecified atom stereocenters. The Morgan fingerprint density at radius 1 is 1.18 bits per heavy atom. The minimum Gasteiger partial charge on any atom is -0.439 e. The Morgan fingerprint density at radius 2 is 1.82 bits per heavy atom. The number of ether oxygens (including phenoxy) is 1. The second-order valence-corrected chi connectivity index (χ2v) is 8.41. The van der Waals surface area contributed by atoms with Gasteiger partial charge < -0.3 is 4.74 Å². The quantitative estimate of drug-likeness (QED) is 0.639. The van der Waals surface area contributed by atoms with E-state index < -0.39 is 15.1 Å². The summed E-state index contributed by atoms with van der Waals surface area (Å²) in [5.74, 6) is 1.01. The first kappa shape index (κ1) is 16.4. The van der Waals surface area contributed by atoms with E-state index in [2.05, 4.69) is 10.2 Å². The molecule has 0 spiro atoms. The van der Waals surface area contributed by atoms with Gasteiger partial charge in [0.1, 0.15) is 20.6 Å². The average molecular weight is 380 g/mol. The molecule has 1 aliphatic heterocycles. The highest BCUT2D eigenvalue weighted by Crippen LogP contribution is 2.61. The molecule has 0 amide bonds. The van der Waals surface area contributed by atoms with Crippen LogP contribution < -0.4 is 4.74 Å². The molecule has 2 atom stereocenters. The third-order valence-electron chi connectivity index (χ3n) is 3.95. The third kappa shape index (κ3) is 2.84. The van der Waals surface area contributed by atoms with Crippen LogP contribution in [0.1, 0.15) is 31.7 Å². The van der Waals surface area contributed by atoms with Gasteiger partial charge in [-0.25, -0.2) is 0 Å². The molecule has 7 heteroatoms. The molecule has 0 radical (unpaired) electrons. The summed E-state index contributed by atoms with van der Waals surface area (Å²) in [6.45, 7) is 3.79. The van der Waals surface area contributed by atoms with Crippen molar-refractivity contribution < 1.29 is 4.74 Å². The summed E-state index contributed by atoms with van der Waals surface area (Å²) < 4.78 is 5.19. The number of hydrogen-bond acceptors (Lipinski definition) is 3. The van der Waals surface area contributed by atoms with Gasteiger partial charge >= 0.3 is 0 Å². The molecule has 0 aromatic heterocycles. The summed E-state index contributed by atoms with van der Waals surface area (Å²) >= 11 is 24.8. The lowest BCUT2D eigenvalue weighted by molar-refractivity contribution is 0.459. The van der Waals surface area contributed by atoms with Gasteiger partial charge in [0.2, 0.25) is 5.90 Å². The molecular weight excluding hydrogens is 366 g/mol. The molecule has 22 heavy (non-hydrogen) atoms. The smallest absolute Gasteiger partial charge is 0.233 e. The Kier molecular flexibility index (Phi) is 4.14. The Hall–Kier alpha value is -0.480. The van der Waals surface area contributed by atoms with E-state index >= 15 is 0 Å². The standard InChI is InChI=1S/C15H14Cl4N2O/c1-14(2)11(16)12(20-21-13(14)17)22-10-6-4-3-5-8(10)9-7-15(9,18)19/h3-6,9,11H,7H2,1-2H3. The Bertz CT molecular complexity index is 669. The van der Waals surface area contributed by atoms with Crippen molar-refractivity contribution >= 4 is 57.5 Å². The van der Waals surface area contributed by atoms with Gasteiger partial charge in [0, 0.05) is 16.9 Å². The van der Waals surface area contributed by atoms with Crippen molar-refractivity contribution in [2.24, 2.45) is 15.6 Å². The van der Waals surface area contributed by atoms with Crippen LogP contribution in [0.15, 0.2) is 34.5 Å². The fraction of sp³-hybridized carbons (Fsp3) is 0.467. The van der Waals surface area contributed by atoms with Crippen LogP contribution in [-0.4, -0.2) is 20.8 Å². The molecule has 0 bridgehead atoms. The molecular formula is C15H14Cl4N2O. The molecule has 2 aliphatic rings. The van der Waals surface area contributed by atoms with E-state index in [-0.39, 0.29) is 5.92 Å². The number of halogens is 4. The van der Waals surface area contributed by atoms with E-state index in [9.17, 15) is 0 Å². The Labute approximate surface area is 149 Å². The van der Waals surface area contributed by atoms with Crippen LogP contribution in [0.25, 0.3) is 0 Å². The lowest BCUT2D eigenvalue weighted by Crippen LogP contribution is -2.41. The first-order chi connectivity index (χ1) is 10.2. The summed E-state index contributed by atoms with van der Waals surface area (Å²) in [6, 6.07) is 7.58. The highest BCUT2D eigenvalue weighted by molar-refractivity contribution is 6.67. The molecule has 1 aromatic rings. The van der Waals surface area contributed by atoms with E-state index in [0.717, 1.165) is 5.56 Å². The molecule has 1 fully saturated rings. The molecule has 1 aromatic carbocycles. The predicted molar refractivity (Wildman–Crippen MR) is 93.0 cm³/mol. The molecule has 118 valence electrons. The van der Waals surface area contributed by atoms with Crippen LogP contribution >= 0.6 is 46.4 Å². The lowest BCUT2D eigenvalue weighted by Gasteiger charge is -2.31. The van der Waals surface area contributed by atoms with E-state index in [0.29, 0.717) is 23.2 Å². The fourth-order valence-electron chi connectivity index (χ4n) is 2.28. The van der Waals surface area contributed by atoms with Crippen LogP contribution in [0.4, 0.5) is 0 Å². The fourth-order valence-corrected chi connectivity index (χ4v) is 3.22. The van der Waals surface area contributed by atoms with Gasteiger partial charge in [-0.3, -0.25) is 0 Å². The lowest BCUT2D eigenvalue weighted by atomic mass is 9.89. The molecule has 1 aliphatic carbocycles. The summed E-state index contributed by atoms with van der Waals surface area (Å²) in [5.41, 5.74) is 0.398. The minimum atomic E-state index is -0.727. The normalized spacial score (nSPS) is 28.6. The van der Waals surface area contributed by atoms with Crippen LogP contribution in [0.2, 0.25) is 0 Å². The van der Waals surface area contributed by atoms with Gasteiger partial charge in [-0.05, 0) is 12.5 Å². The van der Waals surface area contributed by atoms with Gasteiger partial charge in [0.15, 0.2) is 0 Å². The maximum absolute atomic E-state index is 6.45. The molecule has 0 saturated heterocycles. The van der Waals surface area contributed by atoms with Crippen molar-refractivity contribution in [3.8, 4) is 5.75 Å². The van der Waals surface area contributed by atoms with Gasteiger partial charge in [-0.1, -0.05) is 43.6 Å². The Balaban J connectivity index is 1.89. The van der Waals surface area contributed by atoms with Crippen molar-refractivity contribution in [3.05, 3.63) is 29.8 Å². The molecule has 3 rings (SSSR count). The number of benzene rings is 1. The highest BCUT2D eigenvalue weighted by Gasteiger charge is 2.53. The predicted octanol–water partition coefficient (Wildman–Crippen LogP) is 5.32. The van der Waals surface area contributed by atoms with Crippen LogP contribution in [-0.2, 0) is 0 Å². The SMILES string of the molecule is CC1(C)C(Cl)=NN=C(Oc2ccccc2C2CC2(Cl)Cl)C1Cl. The van der Waals surface area contributed by atoms with Crippen molar-refractivity contribution in [3.63, 3.8) is 0 Å². The summed E-state index contributed by atoms with van der Waals surface area (Å²) in [5, 5.41) is 7.77. The maximum atomic E-state index is 6.45. The van der Waals surface area contributed by atoms with Crippen molar-refractivity contribution in [2.75, 3.05) is 0 Å². The number of para-hydroxylation sites is 1. The summed E-state index contributed by atoms with van der Waals surface area (Å²) in [6.07, 6.45) is 0.697. The zero-order valence-corrected chi connectivity index (χ0v) is 15.0. The monoisotopic (exact) mass is 378 g/mol. The van der Waals surface area contributed by atoms with Crippen LogP contribution in [0.5, 0.6) is 5.75 Å². The molecule has 3 nitrogen and oxygen atoms in total. The van der Waals surface area contributed by atoms with E-state index in [1.807, 2.05) is 38.1 Å².